The standard InChI is InChI=1S/C10H20N2O3/c1-5-15-10(14)9(13)12(4)8-6-7-11(2)3/h5-8H2,1-4H3. The normalized spacial score (nSPS) is 10.2. The minimum absolute atomic E-state index is 0.232. The Kier molecular flexibility index (Phi) is 6.70. The van der Waals surface area contributed by atoms with Crippen molar-refractivity contribution < 1.29 is 14.3 Å². The van der Waals surface area contributed by atoms with Crippen molar-refractivity contribution >= 4 is 11.9 Å². The SMILES string of the molecule is CCOC(=O)C(=O)N(C)CCCN(C)C. The van der Waals surface area contributed by atoms with Crippen LogP contribution in [0.1, 0.15) is 13.3 Å². The molecule has 0 heterocycles. The molecule has 0 bridgehead atoms. The van der Waals surface area contributed by atoms with E-state index in [1.54, 1.807) is 14.0 Å². The highest BCUT2D eigenvalue weighted by Gasteiger charge is 2.19. The average Bonchev–Trinajstić information content (AvgIpc) is 2.16. The summed E-state index contributed by atoms with van der Waals surface area (Å²) in [5, 5.41) is 0. The van der Waals surface area contributed by atoms with Crippen LogP contribution >= 0.6 is 0 Å². The molecule has 0 aliphatic carbocycles. The smallest absolute Gasteiger partial charge is 0.396 e. The second-order valence-corrected chi connectivity index (χ2v) is 3.60. The van der Waals surface area contributed by atoms with Crippen molar-refractivity contribution in [1.29, 1.82) is 0 Å². The Morgan fingerprint density at radius 3 is 2.20 bits per heavy atom. The van der Waals surface area contributed by atoms with Gasteiger partial charge in [-0.1, -0.05) is 0 Å². The summed E-state index contributed by atoms with van der Waals surface area (Å²) in [4.78, 5) is 25.8. The summed E-state index contributed by atoms with van der Waals surface area (Å²) in [5.41, 5.74) is 0. The molecule has 0 rings (SSSR count). The molecule has 0 atom stereocenters. The van der Waals surface area contributed by atoms with Crippen LogP contribution in [-0.2, 0) is 14.3 Å². The lowest BCUT2D eigenvalue weighted by Crippen LogP contribution is -2.36. The zero-order valence-corrected chi connectivity index (χ0v) is 9.95. The van der Waals surface area contributed by atoms with Crippen LogP contribution in [0.2, 0.25) is 0 Å². The minimum Gasteiger partial charge on any atom is -0.459 e. The van der Waals surface area contributed by atoms with Crippen LogP contribution in [0.15, 0.2) is 0 Å². The molecule has 0 aromatic rings. The van der Waals surface area contributed by atoms with Crippen molar-refractivity contribution in [2.24, 2.45) is 0 Å². The zero-order valence-electron chi connectivity index (χ0n) is 9.95. The fourth-order valence-electron chi connectivity index (χ4n) is 1.07. The van der Waals surface area contributed by atoms with Gasteiger partial charge in [0.05, 0.1) is 6.61 Å². The molecule has 0 spiro atoms. The van der Waals surface area contributed by atoms with Gasteiger partial charge in [-0.3, -0.25) is 4.79 Å². The molecule has 15 heavy (non-hydrogen) atoms. The number of rotatable bonds is 5. The summed E-state index contributed by atoms with van der Waals surface area (Å²) in [6.45, 7) is 3.36. The third-order valence-electron chi connectivity index (χ3n) is 1.90. The van der Waals surface area contributed by atoms with Gasteiger partial charge >= 0.3 is 11.9 Å². The molecule has 1 amide bonds. The molecular weight excluding hydrogens is 196 g/mol. The van der Waals surface area contributed by atoms with Gasteiger partial charge in [-0.2, -0.15) is 0 Å². The molecule has 88 valence electrons. The Hall–Kier alpha value is -1.10. The van der Waals surface area contributed by atoms with Gasteiger partial charge in [0.15, 0.2) is 0 Å². The van der Waals surface area contributed by atoms with Crippen LogP contribution in [-0.4, -0.2) is 62.5 Å². The van der Waals surface area contributed by atoms with Gasteiger partial charge in [0.25, 0.3) is 0 Å². The largest absolute Gasteiger partial charge is 0.459 e. The first kappa shape index (κ1) is 13.9. The number of nitrogens with zero attached hydrogens (tertiary/aromatic N) is 2. The highest BCUT2D eigenvalue weighted by atomic mass is 16.5. The highest BCUT2D eigenvalue weighted by Crippen LogP contribution is 1.92. The van der Waals surface area contributed by atoms with Gasteiger partial charge in [-0.25, -0.2) is 4.79 Å². The second kappa shape index (κ2) is 7.23. The monoisotopic (exact) mass is 216 g/mol. The molecule has 0 unspecified atom stereocenters. The van der Waals surface area contributed by atoms with E-state index >= 15 is 0 Å². The predicted molar refractivity (Wildman–Crippen MR) is 57.4 cm³/mol. The lowest BCUT2D eigenvalue weighted by Gasteiger charge is -2.17. The van der Waals surface area contributed by atoms with Crippen molar-refractivity contribution in [3.8, 4) is 0 Å². The van der Waals surface area contributed by atoms with Crippen LogP contribution in [0.4, 0.5) is 0 Å². The van der Waals surface area contributed by atoms with Gasteiger partial charge in [0, 0.05) is 13.6 Å². The summed E-state index contributed by atoms with van der Waals surface area (Å²) in [6, 6.07) is 0. The first-order chi connectivity index (χ1) is 6.99. The topological polar surface area (TPSA) is 49.9 Å². The van der Waals surface area contributed by atoms with E-state index in [0.717, 1.165) is 13.0 Å². The maximum Gasteiger partial charge on any atom is 0.396 e. The minimum atomic E-state index is -0.773. The third kappa shape index (κ3) is 6.06. The Morgan fingerprint density at radius 2 is 1.73 bits per heavy atom. The molecule has 0 aromatic carbocycles. The molecule has 5 heteroatoms. The van der Waals surface area contributed by atoms with Gasteiger partial charge < -0.3 is 14.5 Å². The van der Waals surface area contributed by atoms with E-state index in [1.165, 1.54) is 4.90 Å². The lowest BCUT2D eigenvalue weighted by atomic mass is 10.3. The molecule has 0 N–H and O–H groups in total. The van der Waals surface area contributed by atoms with Crippen LogP contribution in [0.3, 0.4) is 0 Å². The zero-order chi connectivity index (χ0) is 11.8. The number of carbonyl (C=O) groups is 2. The Labute approximate surface area is 91.0 Å². The fraction of sp³-hybridized carbons (Fsp3) is 0.800. The third-order valence-corrected chi connectivity index (χ3v) is 1.90. The molecule has 0 saturated heterocycles. The van der Waals surface area contributed by atoms with Crippen molar-refractivity contribution in [2.45, 2.75) is 13.3 Å². The summed E-state index contributed by atoms with van der Waals surface area (Å²) in [7, 11) is 5.54. The molecule has 0 aliphatic rings. The Morgan fingerprint density at radius 1 is 1.13 bits per heavy atom. The second-order valence-electron chi connectivity index (χ2n) is 3.60. The number of carbonyl (C=O) groups excluding carboxylic acids is 2. The number of hydrogen-bond acceptors (Lipinski definition) is 4. The van der Waals surface area contributed by atoms with E-state index in [9.17, 15) is 9.59 Å². The van der Waals surface area contributed by atoms with E-state index in [0.29, 0.717) is 6.54 Å². The van der Waals surface area contributed by atoms with Gasteiger partial charge in [0.1, 0.15) is 0 Å². The van der Waals surface area contributed by atoms with Crippen molar-refractivity contribution in [3.05, 3.63) is 0 Å². The van der Waals surface area contributed by atoms with E-state index in [1.807, 2.05) is 19.0 Å². The quantitative estimate of drug-likeness (QED) is 0.478. The molecule has 0 aliphatic heterocycles. The number of amides is 1. The highest BCUT2D eigenvalue weighted by molar-refractivity contribution is 6.32. The van der Waals surface area contributed by atoms with Gasteiger partial charge in [0.2, 0.25) is 0 Å². The molecule has 0 saturated carbocycles. The lowest BCUT2D eigenvalue weighted by molar-refractivity contribution is -0.159. The summed E-state index contributed by atoms with van der Waals surface area (Å²) < 4.78 is 4.61. The summed E-state index contributed by atoms with van der Waals surface area (Å²) >= 11 is 0. The number of esters is 1. The van der Waals surface area contributed by atoms with Crippen LogP contribution in [0.25, 0.3) is 0 Å². The first-order valence-corrected chi connectivity index (χ1v) is 5.06. The maximum atomic E-state index is 11.3. The van der Waals surface area contributed by atoms with Crippen molar-refractivity contribution in [3.63, 3.8) is 0 Å². The molecule has 0 radical (unpaired) electrons. The number of hydrogen-bond donors (Lipinski definition) is 0. The fourth-order valence-corrected chi connectivity index (χ4v) is 1.07. The number of ether oxygens (including phenoxy) is 1. The maximum absolute atomic E-state index is 11.3. The number of likely N-dealkylation sites (N-methyl/N-ethyl adjacent to an activating group) is 1. The van der Waals surface area contributed by atoms with E-state index in [2.05, 4.69) is 4.74 Å². The predicted octanol–water partition coefficient (Wildman–Crippen LogP) is -0.0404. The molecular formula is C10H20N2O3. The van der Waals surface area contributed by atoms with E-state index in [-0.39, 0.29) is 6.61 Å². The van der Waals surface area contributed by atoms with Gasteiger partial charge in [-0.05, 0) is 34.0 Å². The van der Waals surface area contributed by atoms with Crippen molar-refractivity contribution in [2.75, 3.05) is 40.8 Å². The van der Waals surface area contributed by atoms with Crippen LogP contribution < -0.4 is 0 Å². The van der Waals surface area contributed by atoms with E-state index < -0.39 is 11.9 Å². The van der Waals surface area contributed by atoms with Crippen LogP contribution in [0.5, 0.6) is 0 Å². The summed E-state index contributed by atoms with van der Waals surface area (Å²) in [5.74, 6) is -1.35. The van der Waals surface area contributed by atoms with E-state index in [4.69, 9.17) is 0 Å². The molecule has 0 fully saturated rings. The average molecular weight is 216 g/mol. The molecule has 5 nitrogen and oxygen atoms in total. The Balaban J connectivity index is 3.83. The summed E-state index contributed by atoms with van der Waals surface area (Å²) in [6.07, 6.45) is 0.842. The molecule has 0 aromatic heterocycles. The Bertz CT molecular complexity index is 217. The first-order valence-electron chi connectivity index (χ1n) is 5.06. The van der Waals surface area contributed by atoms with Crippen molar-refractivity contribution in [1.82, 2.24) is 9.80 Å². The van der Waals surface area contributed by atoms with Crippen LogP contribution in [0, 0.1) is 0 Å². The van der Waals surface area contributed by atoms with Gasteiger partial charge in [-0.15, -0.1) is 0 Å².